The van der Waals surface area contributed by atoms with Gasteiger partial charge in [0.15, 0.2) is 22.9 Å². The number of carbonyl (C=O) groups excluding carboxylic acids is 1. The maximum atomic E-state index is 13.8. The molecule has 0 aliphatic carbocycles. The van der Waals surface area contributed by atoms with Crippen LogP contribution in [0, 0.1) is 6.92 Å². The molecule has 0 atom stereocenters. The topological polar surface area (TPSA) is 77.1 Å². The summed E-state index contributed by atoms with van der Waals surface area (Å²) in [6.07, 6.45) is -4.76. The second-order valence-corrected chi connectivity index (χ2v) is 9.51. The molecule has 13 heteroatoms. The summed E-state index contributed by atoms with van der Waals surface area (Å²) in [5.41, 5.74) is -0.145. The highest BCUT2D eigenvalue weighted by molar-refractivity contribution is 7.13. The third kappa shape index (κ3) is 4.57. The molecule has 0 aliphatic rings. The number of nitrogens with one attached hydrogen (secondary N) is 1. The van der Waals surface area contributed by atoms with Crippen LogP contribution in [0.15, 0.2) is 53.9 Å². The molecule has 184 valence electrons. The van der Waals surface area contributed by atoms with Gasteiger partial charge in [-0.1, -0.05) is 47.5 Å². The van der Waals surface area contributed by atoms with Crippen LogP contribution in [0.3, 0.4) is 0 Å². The summed E-state index contributed by atoms with van der Waals surface area (Å²) in [7, 11) is 0. The number of rotatable bonds is 5. The van der Waals surface area contributed by atoms with Crippen LogP contribution in [0.1, 0.15) is 27.4 Å². The van der Waals surface area contributed by atoms with Gasteiger partial charge in [-0.2, -0.15) is 23.4 Å². The molecule has 1 amide bonds. The van der Waals surface area contributed by atoms with Gasteiger partial charge in [-0.3, -0.25) is 9.48 Å². The Bertz CT molecular complexity index is 1590. The Kier molecular flexibility index (Phi) is 6.23. The monoisotopic (exact) mass is 550 g/mol. The fraction of sp³-hybridized carbons (Fsp3) is 0.130. The first-order valence-electron chi connectivity index (χ1n) is 10.4. The van der Waals surface area contributed by atoms with Gasteiger partial charge < -0.3 is 5.32 Å². The van der Waals surface area contributed by atoms with Crippen molar-refractivity contribution in [3.63, 3.8) is 0 Å². The molecule has 0 aliphatic heterocycles. The number of alkyl halides is 3. The molecule has 5 aromatic rings. The lowest BCUT2D eigenvalue weighted by molar-refractivity contribution is -0.142. The molecule has 7 nitrogen and oxygen atoms in total. The lowest BCUT2D eigenvalue weighted by Gasteiger charge is -2.10. The molecule has 0 fully saturated rings. The van der Waals surface area contributed by atoms with E-state index in [-0.39, 0.29) is 22.2 Å². The van der Waals surface area contributed by atoms with Crippen LogP contribution in [-0.4, -0.2) is 30.3 Å². The predicted molar refractivity (Wildman–Crippen MR) is 132 cm³/mol. The summed E-state index contributed by atoms with van der Waals surface area (Å²) in [6.45, 7) is 2.16. The molecule has 0 saturated carbocycles. The molecule has 4 heterocycles. The Morgan fingerprint density at radius 3 is 2.58 bits per heavy atom. The fourth-order valence-corrected chi connectivity index (χ4v) is 4.71. The number of aromatic nitrogens is 5. The summed E-state index contributed by atoms with van der Waals surface area (Å²) >= 11 is 13.8. The first-order valence-corrected chi connectivity index (χ1v) is 12.0. The highest BCUT2D eigenvalue weighted by atomic mass is 35.5. The number of fused-ring (bicyclic) bond motifs is 1. The van der Waals surface area contributed by atoms with E-state index in [0.717, 1.165) is 17.3 Å². The number of hydrogen-bond donors (Lipinski definition) is 1. The van der Waals surface area contributed by atoms with Crippen molar-refractivity contribution in [2.45, 2.75) is 19.6 Å². The number of nitrogens with zero attached hydrogens (tertiary/aromatic N) is 5. The van der Waals surface area contributed by atoms with E-state index in [1.807, 2.05) is 18.2 Å². The van der Waals surface area contributed by atoms with E-state index in [1.54, 1.807) is 41.3 Å². The zero-order valence-electron chi connectivity index (χ0n) is 18.3. The zero-order valence-corrected chi connectivity index (χ0v) is 20.7. The van der Waals surface area contributed by atoms with Crippen LogP contribution in [0.5, 0.6) is 0 Å². The fourth-order valence-electron chi connectivity index (χ4n) is 3.58. The van der Waals surface area contributed by atoms with Crippen molar-refractivity contribution in [1.82, 2.24) is 24.4 Å². The van der Waals surface area contributed by atoms with Crippen LogP contribution < -0.4 is 5.32 Å². The summed E-state index contributed by atoms with van der Waals surface area (Å²) in [6, 6.07) is 13.1. The van der Waals surface area contributed by atoms with Crippen LogP contribution in [-0.2, 0) is 12.7 Å². The number of halogens is 5. The lowest BCUT2D eigenvalue weighted by Crippen LogP contribution is -2.16. The Hall–Kier alpha value is -3.41. The summed E-state index contributed by atoms with van der Waals surface area (Å²) in [5, 5.41) is 12.7. The van der Waals surface area contributed by atoms with Crippen LogP contribution in [0.4, 0.5) is 19.0 Å². The SMILES string of the molecule is Cc1cc(NC(=O)c2nn3c(C(F)(F)F)cc(-c4cccs4)nc3c2Cl)nn1Cc1ccccc1Cl. The number of aryl methyl sites for hydroxylation is 1. The third-order valence-corrected chi connectivity index (χ3v) is 6.92. The molecule has 1 N–H and O–H groups in total. The molecular formula is C23H15Cl2F3N6OS. The molecule has 4 aromatic heterocycles. The Morgan fingerprint density at radius 1 is 1.11 bits per heavy atom. The normalized spacial score (nSPS) is 11.8. The number of carbonyl (C=O) groups is 1. The Labute approximate surface area is 216 Å². The average molecular weight is 551 g/mol. The van der Waals surface area contributed by atoms with E-state index in [0.29, 0.717) is 21.0 Å². The first-order chi connectivity index (χ1) is 17.1. The number of thiophene rings is 1. The van der Waals surface area contributed by atoms with Gasteiger partial charge in [0.2, 0.25) is 0 Å². The smallest absolute Gasteiger partial charge is 0.304 e. The molecule has 0 spiro atoms. The third-order valence-electron chi connectivity index (χ3n) is 5.31. The minimum atomic E-state index is -4.76. The molecule has 0 unspecified atom stereocenters. The summed E-state index contributed by atoms with van der Waals surface area (Å²) in [4.78, 5) is 17.7. The number of benzene rings is 1. The second kappa shape index (κ2) is 9.23. The van der Waals surface area contributed by atoms with Gasteiger partial charge in [0.25, 0.3) is 5.91 Å². The second-order valence-electron chi connectivity index (χ2n) is 7.77. The number of anilines is 1. The first kappa shape index (κ1) is 24.3. The van der Waals surface area contributed by atoms with Crippen LogP contribution in [0.2, 0.25) is 10.0 Å². The predicted octanol–water partition coefficient (Wildman–Crippen LogP) is 6.59. The minimum Gasteiger partial charge on any atom is -0.304 e. The molecule has 0 saturated heterocycles. The highest BCUT2D eigenvalue weighted by Gasteiger charge is 2.37. The Balaban J connectivity index is 1.48. The molecular weight excluding hydrogens is 536 g/mol. The standard InChI is InChI=1S/C23H15Cl2F3N6OS/c1-12-9-18(31-33(12)11-13-5-2-3-6-14(13)24)30-22(35)20-19(25)21-29-15(16-7-4-8-36-16)10-17(23(26,27)28)34(21)32-20/h2-10H,11H2,1H3,(H,30,31,35). The van der Waals surface area contributed by atoms with E-state index in [9.17, 15) is 18.0 Å². The average Bonchev–Trinajstić information content (AvgIpc) is 3.54. The maximum Gasteiger partial charge on any atom is 0.433 e. The van der Waals surface area contributed by atoms with Gasteiger partial charge in [-0.15, -0.1) is 11.3 Å². The van der Waals surface area contributed by atoms with Crippen molar-refractivity contribution >= 4 is 51.9 Å². The van der Waals surface area contributed by atoms with Gasteiger partial charge in [0.05, 0.1) is 17.1 Å². The van der Waals surface area contributed by atoms with Crippen molar-refractivity contribution in [3.8, 4) is 10.6 Å². The highest BCUT2D eigenvalue weighted by Crippen LogP contribution is 2.35. The minimum absolute atomic E-state index is 0.0764. The van der Waals surface area contributed by atoms with Gasteiger partial charge in [0, 0.05) is 16.8 Å². The molecule has 5 rings (SSSR count). The van der Waals surface area contributed by atoms with Crippen molar-refractivity contribution in [3.05, 3.63) is 86.6 Å². The quantitative estimate of drug-likeness (QED) is 0.268. The molecule has 36 heavy (non-hydrogen) atoms. The van der Waals surface area contributed by atoms with E-state index in [1.165, 1.54) is 11.3 Å². The molecule has 0 bridgehead atoms. The largest absolute Gasteiger partial charge is 0.433 e. The van der Waals surface area contributed by atoms with E-state index in [2.05, 4.69) is 20.5 Å². The van der Waals surface area contributed by atoms with Crippen molar-refractivity contribution in [1.29, 1.82) is 0 Å². The van der Waals surface area contributed by atoms with E-state index < -0.39 is 23.5 Å². The number of amides is 1. The molecule has 0 radical (unpaired) electrons. The van der Waals surface area contributed by atoms with Crippen molar-refractivity contribution in [2.24, 2.45) is 0 Å². The van der Waals surface area contributed by atoms with Gasteiger partial charge in [0.1, 0.15) is 5.02 Å². The van der Waals surface area contributed by atoms with Gasteiger partial charge in [-0.05, 0) is 36.1 Å². The van der Waals surface area contributed by atoms with Gasteiger partial charge in [-0.25, -0.2) is 9.50 Å². The van der Waals surface area contributed by atoms with Gasteiger partial charge >= 0.3 is 6.18 Å². The number of hydrogen-bond acceptors (Lipinski definition) is 5. The Morgan fingerprint density at radius 2 is 1.89 bits per heavy atom. The zero-order chi connectivity index (χ0) is 25.6. The molecule has 1 aromatic carbocycles. The van der Waals surface area contributed by atoms with Crippen LogP contribution >= 0.6 is 34.5 Å². The summed E-state index contributed by atoms with van der Waals surface area (Å²) < 4.78 is 43.7. The van der Waals surface area contributed by atoms with Crippen LogP contribution in [0.25, 0.3) is 16.2 Å². The van der Waals surface area contributed by atoms with E-state index >= 15 is 0 Å². The van der Waals surface area contributed by atoms with Crippen molar-refractivity contribution in [2.75, 3.05) is 5.32 Å². The maximum absolute atomic E-state index is 13.8. The van der Waals surface area contributed by atoms with E-state index in [4.69, 9.17) is 23.2 Å². The van der Waals surface area contributed by atoms with Crippen molar-refractivity contribution < 1.29 is 18.0 Å². The summed E-state index contributed by atoms with van der Waals surface area (Å²) in [5.74, 6) is -0.639. The lowest BCUT2D eigenvalue weighted by atomic mass is 10.2.